The zero-order valence-corrected chi connectivity index (χ0v) is 13.2. The second-order valence-electron chi connectivity index (χ2n) is 4.68. The number of carbonyl (C=O) groups excluding carboxylic acids is 1. The van der Waals surface area contributed by atoms with Gasteiger partial charge in [0.1, 0.15) is 6.54 Å². The van der Waals surface area contributed by atoms with Gasteiger partial charge < -0.3 is 4.90 Å². The lowest BCUT2D eigenvalue weighted by Crippen LogP contribution is -2.32. The van der Waals surface area contributed by atoms with E-state index in [-0.39, 0.29) is 12.5 Å². The van der Waals surface area contributed by atoms with E-state index in [0.717, 1.165) is 27.1 Å². The van der Waals surface area contributed by atoms with Crippen LogP contribution >= 0.6 is 15.9 Å². The van der Waals surface area contributed by atoms with E-state index in [0.29, 0.717) is 6.54 Å². The maximum atomic E-state index is 12.3. The smallest absolute Gasteiger partial charge is 0.248 e. The van der Waals surface area contributed by atoms with Gasteiger partial charge in [-0.1, -0.05) is 22.0 Å². The Hall–Kier alpha value is -2.01. The Bertz CT molecular complexity index is 713. The van der Waals surface area contributed by atoms with E-state index in [2.05, 4.69) is 25.9 Å². The van der Waals surface area contributed by atoms with Gasteiger partial charge in [0.2, 0.25) is 5.91 Å². The number of anilines is 1. The van der Waals surface area contributed by atoms with Gasteiger partial charge in [-0.25, -0.2) is 0 Å². The summed E-state index contributed by atoms with van der Waals surface area (Å²) in [4.78, 5) is 22.9. The molecule has 3 rings (SSSR count). The van der Waals surface area contributed by atoms with Crippen LogP contribution in [0.25, 0.3) is 0 Å². The van der Waals surface area contributed by atoms with E-state index in [1.165, 1.54) is 0 Å². The van der Waals surface area contributed by atoms with Crippen LogP contribution in [-0.4, -0.2) is 29.7 Å². The number of benzodiazepines with no additional fused rings is 1. The summed E-state index contributed by atoms with van der Waals surface area (Å²) in [7, 11) is 0. The predicted octanol–water partition coefficient (Wildman–Crippen LogP) is 3.05. The first kappa shape index (κ1) is 13.9. The van der Waals surface area contributed by atoms with Crippen molar-refractivity contribution in [3.63, 3.8) is 0 Å². The quantitative estimate of drug-likeness (QED) is 0.841. The first-order chi connectivity index (χ1) is 10.2. The Morgan fingerprint density at radius 2 is 2.14 bits per heavy atom. The second kappa shape index (κ2) is 5.77. The van der Waals surface area contributed by atoms with Gasteiger partial charge in [0, 0.05) is 22.8 Å². The number of pyridine rings is 1. The van der Waals surface area contributed by atoms with Crippen LogP contribution in [0.1, 0.15) is 18.2 Å². The molecular weight excluding hydrogens is 330 g/mol. The number of likely N-dealkylation sites (N-methyl/N-ethyl adjacent to an activating group) is 1. The summed E-state index contributed by atoms with van der Waals surface area (Å²) >= 11 is 3.49. The van der Waals surface area contributed by atoms with Crippen molar-refractivity contribution in [3.05, 3.63) is 58.3 Å². The number of aliphatic imine (C=N–C) groups is 1. The van der Waals surface area contributed by atoms with Gasteiger partial charge in [0.15, 0.2) is 0 Å². The number of hydrogen-bond acceptors (Lipinski definition) is 3. The normalized spacial score (nSPS) is 14.5. The molecule has 5 heteroatoms. The molecule has 2 heterocycles. The third-order valence-electron chi connectivity index (χ3n) is 3.40. The van der Waals surface area contributed by atoms with Crippen molar-refractivity contribution >= 4 is 33.2 Å². The molecular formula is C16H14BrN3O. The number of halogens is 1. The number of amides is 1. The maximum Gasteiger partial charge on any atom is 0.248 e. The Balaban J connectivity index is 2.22. The van der Waals surface area contributed by atoms with Crippen LogP contribution in [0.15, 0.2) is 52.1 Å². The predicted molar refractivity (Wildman–Crippen MR) is 86.9 cm³/mol. The minimum Gasteiger partial charge on any atom is -0.310 e. The molecule has 1 aliphatic rings. The molecule has 0 N–H and O–H groups in total. The Morgan fingerprint density at radius 1 is 1.29 bits per heavy atom. The number of rotatable bonds is 2. The molecule has 0 aliphatic carbocycles. The lowest BCUT2D eigenvalue weighted by Gasteiger charge is -2.21. The number of carbonyl (C=O) groups is 1. The lowest BCUT2D eigenvalue weighted by atomic mass is 10.0. The maximum absolute atomic E-state index is 12.3. The second-order valence-corrected chi connectivity index (χ2v) is 5.59. The Kier molecular flexibility index (Phi) is 3.84. The van der Waals surface area contributed by atoms with E-state index in [9.17, 15) is 4.79 Å². The van der Waals surface area contributed by atoms with Crippen LogP contribution in [0.4, 0.5) is 5.69 Å². The van der Waals surface area contributed by atoms with Crippen LogP contribution < -0.4 is 4.90 Å². The molecule has 0 unspecified atom stereocenters. The highest BCUT2D eigenvalue weighted by molar-refractivity contribution is 9.10. The highest BCUT2D eigenvalue weighted by atomic mass is 79.9. The molecule has 2 aromatic rings. The molecule has 0 fully saturated rings. The van der Waals surface area contributed by atoms with Crippen LogP contribution in [-0.2, 0) is 4.79 Å². The number of fused-ring (bicyclic) bond motifs is 1. The van der Waals surface area contributed by atoms with Gasteiger partial charge >= 0.3 is 0 Å². The highest BCUT2D eigenvalue weighted by Gasteiger charge is 2.24. The topological polar surface area (TPSA) is 45.6 Å². The van der Waals surface area contributed by atoms with Crippen LogP contribution in [0.5, 0.6) is 0 Å². The summed E-state index contributed by atoms with van der Waals surface area (Å²) in [6.45, 7) is 2.74. The third-order valence-corrected chi connectivity index (χ3v) is 3.89. The number of aromatic nitrogens is 1. The lowest BCUT2D eigenvalue weighted by molar-refractivity contribution is -0.117. The fourth-order valence-corrected chi connectivity index (χ4v) is 2.81. The summed E-state index contributed by atoms with van der Waals surface area (Å²) in [5.41, 5.74) is 3.35. The molecule has 1 aromatic heterocycles. The average Bonchev–Trinajstić information content (AvgIpc) is 2.64. The van der Waals surface area contributed by atoms with Crippen molar-refractivity contribution in [2.24, 2.45) is 4.99 Å². The number of hydrogen-bond donors (Lipinski definition) is 0. The largest absolute Gasteiger partial charge is 0.310 e. The third kappa shape index (κ3) is 2.61. The van der Waals surface area contributed by atoms with Crippen molar-refractivity contribution in [1.82, 2.24) is 4.98 Å². The van der Waals surface area contributed by atoms with Crippen molar-refractivity contribution in [2.45, 2.75) is 6.92 Å². The number of nitrogens with zero attached hydrogens (tertiary/aromatic N) is 3. The number of benzene rings is 1. The molecule has 21 heavy (non-hydrogen) atoms. The van der Waals surface area contributed by atoms with Crippen molar-refractivity contribution in [3.8, 4) is 0 Å². The molecule has 1 amide bonds. The van der Waals surface area contributed by atoms with E-state index in [1.807, 2.05) is 43.3 Å². The molecule has 0 atom stereocenters. The minimum absolute atomic E-state index is 0.00648. The minimum atomic E-state index is 0.00648. The fourth-order valence-electron chi connectivity index (χ4n) is 2.45. The first-order valence-electron chi connectivity index (χ1n) is 6.77. The highest BCUT2D eigenvalue weighted by Crippen LogP contribution is 2.29. The van der Waals surface area contributed by atoms with E-state index in [1.54, 1.807) is 11.1 Å². The SMILES string of the molecule is CCN1C(=O)CN=C(c2ccccn2)c2cc(Br)ccc21. The molecule has 0 saturated carbocycles. The first-order valence-corrected chi connectivity index (χ1v) is 7.56. The van der Waals surface area contributed by atoms with E-state index >= 15 is 0 Å². The Labute approximate surface area is 131 Å². The van der Waals surface area contributed by atoms with Gasteiger partial charge in [-0.15, -0.1) is 0 Å². The van der Waals surface area contributed by atoms with Gasteiger partial charge in [0.05, 0.1) is 17.1 Å². The molecule has 0 saturated heterocycles. The molecule has 0 spiro atoms. The zero-order chi connectivity index (χ0) is 14.8. The van der Waals surface area contributed by atoms with Gasteiger partial charge in [0.25, 0.3) is 0 Å². The van der Waals surface area contributed by atoms with E-state index in [4.69, 9.17) is 0 Å². The summed E-state index contributed by atoms with van der Waals surface area (Å²) in [6, 6.07) is 11.6. The Morgan fingerprint density at radius 3 is 2.86 bits per heavy atom. The van der Waals surface area contributed by atoms with Gasteiger partial charge in [-0.2, -0.15) is 0 Å². The standard InChI is InChI=1S/C16H14BrN3O/c1-2-20-14-7-6-11(17)9-12(14)16(19-10-15(20)21)13-5-3-4-8-18-13/h3-9H,2,10H2,1H3. The van der Waals surface area contributed by atoms with Crippen molar-refractivity contribution < 1.29 is 4.79 Å². The fraction of sp³-hybridized carbons (Fsp3) is 0.188. The van der Waals surface area contributed by atoms with Crippen LogP contribution in [0.2, 0.25) is 0 Å². The van der Waals surface area contributed by atoms with Crippen molar-refractivity contribution in [1.29, 1.82) is 0 Å². The van der Waals surface area contributed by atoms with E-state index < -0.39 is 0 Å². The molecule has 4 nitrogen and oxygen atoms in total. The van der Waals surface area contributed by atoms with Gasteiger partial charge in [-0.05, 0) is 37.3 Å². The van der Waals surface area contributed by atoms with Gasteiger partial charge in [-0.3, -0.25) is 14.8 Å². The molecule has 1 aromatic carbocycles. The average molecular weight is 344 g/mol. The van der Waals surface area contributed by atoms with Crippen molar-refractivity contribution in [2.75, 3.05) is 18.0 Å². The van der Waals surface area contributed by atoms with Crippen LogP contribution in [0, 0.1) is 0 Å². The molecule has 0 bridgehead atoms. The summed E-state index contributed by atoms with van der Waals surface area (Å²) in [6.07, 6.45) is 1.74. The monoisotopic (exact) mass is 343 g/mol. The van der Waals surface area contributed by atoms with Crippen LogP contribution in [0.3, 0.4) is 0 Å². The molecule has 1 aliphatic heterocycles. The summed E-state index contributed by atoms with van der Waals surface area (Å²) < 4.78 is 0.954. The summed E-state index contributed by atoms with van der Waals surface area (Å²) in [5.74, 6) is 0.00648. The summed E-state index contributed by atoms with van der Waals surface area (Å²) in [5, 5.41) is 0. The molecule has 106 valence electrons. The zero-order valence-electron chi connectivity index (χ0n) is 11.6. The molecule has 0 radical (unpaired) electrons.